The third kappa shape index (κ3) is 4.99. The molecule has 0 radical (unpaired) electrons. The highest BCUT2D eigenvalue weighted by atomic mass is 35.5. The van der Waals surface area contributed by atoms with E-state index in [-0.39, 0.29) is 36.1 Å². The van der Waals surface area contributed by atoms with Gasteiger partial charge in [0.15, 0.2) is 6.61 Å². The highest BCUT2D eigenvalue weighted by Crippen LogP contribution is 2.60. The Hall–Kier alpha value is -2.79. The van der Waals surface area contributed by atoms with E-state index in [1.54, 1.807) is 42.5 Å². The van der Waals surface area contributed by atoms with Gasteiger partial charge in [-0.05, 0) is 49.1 Å². The van der Waals surface area contributed by atoms with Gasteiger partial charge in [-0.15, -0.1) is 0 Å². The van der Waals surface area contributed by atoms with Crippen molar-refractivity contribution in [2.75, 3.05) is 13.2 Å². The minimum atomic E-state index is -0.269. The molecule has 32 heavy (non-hydrogen) atoms. The average molecular weight is 474 g/mol. The first-order valence-corrected chi connectivity index (χ1v) is 10.8. The van der Waals surface area contributed by atoms with E-state index in [4.69, 9.17) is 37.9 Å². The molecule has 3 saturated carbocycles. The van der Waals surface area contributed by atoms with Crippen LogP contribution in [-0.4, -0.2) is 36.1 Å². The molecule has 0 heterocycles. The van der Waals surface area contributed by atoms with Gasteiger partial charge in [-0.1, -0.05) is 35.3 Å². The van der Waals surface area contributed by atoms with Crippen LogP contribution in [0.4, 0.5) is 0 Å². The van der Waals surface area contributed by atoms with Gasteiger partial charge in [-0.2, -0.15) is 5.26 Å². The fraction of sp³-hybridized carbons (Fsp3) is 0.348. The van der Waals surface area contributed by atoms with Gasteiger partial charge in [0.05, 0.1) is 28.3 Å². The summed E-state index contributed by atoms with van der Waals surface area (Å²) in [6.07, 6.45) is 2.08. The van der Waals surface area contributed by atoms with E-state index in [2.05, 4.69) is 16.7 Å². The molecule has 2 bridgehead atoms. The Labute approximate surface area is 195 Å². The van der Waals surface area contributed by atoms with Crippen molar-refractivity contribution >= 4 is 35.0 Å². The lowest BCUT2D eigenvalue weighted by Crippen LogP contribution is -2.84. The summed E-state index contributed by atoms with van der Waals surface area (Å²) in [5.74, 6) is 0.0690. The van der Waals surface area contributed by atoms with Crippen molar-refractivity contribution in [2.45, 2.75) is 36.9 Å². The van der Waals surface area contributed by atoms with Crippen molar-refractivity contribution in [1.82, 2.24) is 10.6 Å². The van der Waals surface area contributed by atoms with E-state index in [0.29, 0.717) is 47.2 Å². The van der Waals surface area contributed by atoms with Crippen molar-refractivity contribution in [3.63, 3.8) is 0 Å². The number of carbonyl (C=O) groups excluding carboxylic acids is 2. The van der Waals surface area contributed by atoms with E-state index in [9.17, 15) is 9.59 Å². The fourth-order valence-corrected chi connectivity index (χ4v) is 4.66. The summed E-state index contributed by atoms with van der Waals surface area (Å²) in [5.41, 5.74) is 0.950. The SMILES string of the molecule is N#Cc1ccc(COCC(=O)NC23CC(NC(=O)COc4ccc(Cl)c(Cl)c4)(C2)C3)cc1. The van der Waals surface area contributed by atoms with E-state index in [0.717, 1.165) is 5.56 Å². The van der Waals surface area contributed by atoms with Crippen LogP contribution in [0, 0.1) is 11.3 Å². The van der Waals surface area contributed by atoms with Gasteiger partial charge < -0.3 is 20.1 Å². The number of nitriles is 1. The zero-order valence-corrected chi connectivity index (χ0v) is 18.6. The molecule has 0 aliphatic heterocycles. The van der Waals surface area contributed by atoms with Gasteiger partial charge in [0.25, 0.3) is 5.91 Å². The molecule has 2 aromatic rings. The van der Waals surface area contributed by atoms with Gasteiger partial charge in [-0.3, -0.25) is 9.59 Å². The number of hydrogen-bond donors (Lipinski definition) is 2. The number of halogens is 2. The van der Waals surface area contributed by atoms with Gasteiger partial charge >= 0.3 is 0 Å². The first-order valence-electron chi connectivity index (χ1n) is 10.1. The number of benzene rings is 2. The zero-order valence-electron chi connectivity index (χ0n) is 17.1. The van der Waals surface area contributed by atoms with Gasteiger partial charge in [0.2, 0.25) is 5.91 Å². The van der Waals surface area contributed by atoms with Crippen LogP contribution in [-0.2, 0) is 20.9 Å². The monoisotopic (exact) mass is 473 g/mol. The maximum Gasteiger partial charge on any atom is 0.258 e. The summed E-state index contributed by atoms with van der Waals surface area (Å²) < 4.78 is 10.9. The Balaban J connectivity index is 1.13. The fourth-order valence-electron chi connectivity index (χ4n) is 4.37. The predicted molar refractivity (Wildman–Crippen MR) is 118 cm³/mol. The second-order valence-corrected chi connectivity index (χ2v) is 9.17. The van der Waals surface area contributed by atoms with Crippen molar-refractivity contribution in [3.05, 3.63) is 63.6 Å². The van der Waals surface area contributed by atoms with Crippen LogP contribution in [0.1, 0.15) is 30.4 Å². The van der Waals surface area contributed by atoms with Crippen molar-refractivity contribution in [1.29, 1.82) is 5.26 Å². The highest BCUT2D eigenvalue weighted by Gasteiger charge is 2.69. The summed E-state index contributed by atoms with van der Waals surface area (Å²) in [6.45, 7) is 0.131. The topological polar surface area (TPSA) is 100 Å². The third-order valence-corrected chi connectivity index (χ3v) is 6.42. The smallest absolute Gasteiger partial charge is 0.258 e. The molecule has 3 aliphatic carbocycles. The van der Waals surface area contributed by atoms with E-state index >= 15 is 0 Å². The lowest BCUT2D eigenvalue weighted by Gasteiger charge is -2.70. The first-order chi connectivity index (χ1) is 15.3. The predicted octanol–water partition coefficient (Wildman–Crippen LogP) is 3.37. The van der Waals surface area contributed by atoms with Crippen molar-refractivity contribution in [2.24, 2.45) is 0 Å². The Morgan fingerprint density at radius 2 is 1.56 bits per heavy atom. The second-order valence-electron chi connectivity index (χ2n) is 8.35. The van der Waals surface area contributed by atoms with E-state index in [1.807, 2.05) is 0 Å². The maximum atomic E-state index is 12.2. The molecule has 3 aliphatic rings. The van der Waals surface area contributed by atoms with Crippen LogP contribution < -0.4 is 15.4 Å². The Morgan fingerprint density at radius 1 is 0.938 bits per heavy atom. The molecule has 3 fully saturated rings. The molecular formula is C23H21Cl2N3O4. The molecule has 7 nitrogen and oxygen atoms in total. The Kier molecular flexibility index (Phi) is 6.29. The summed E-state index contributed by atoms with van der Waals surface area (Å²) >= 11 is 11.8. The van der Waals surface area contributed by atoms with Crippen molar-refractivity contribution in [3.8, 4) is 11.8 Å². The molecule has 2 amide bonds. The number of amides is 2. The van der Waals surface area contributed by atoms with Crippen LogP contribution in [0.3, 0.4) is 0 Å². The number of nitrogens with one attached hydrogen (secondary N) is 2. The molecule has 9 heteroatoms. The van der Waals surface area contributed by atoms with Crippen LogP contribution in [0.5, 0.6) is 5.75 Å². The van der Waals surface area contributed by atoms with Gasteiger partial charge in [0.1, 0.15) is 12.4 Å². The van der Waals surface area contributed by atoms with Gasteiger partial charge in [-0.25, -0.2) is 0 Å². The summed E-state index contributed by atoms with van der Waals surface area (Å²) in [7, 11) is 0. The van der Waals surface area contributed by atoms with E-state index in [1.165, 1.54) is 0 Å². The Bertz CT molecular complexity index is 1060. The summed E-state index contributed by atoms with van der Waals surface area (Å²) in [6, 6.07) is 13.9. The number of ether oxygens (including phenoxy) is 2. The second kappa shape index (κ2) is 8.99. The van der Waals surface area contributed by atoms with Crippen molar-refractivity contribution < 1.29 is 19.1 Å². The normalized spacial score (nSPS) is 22.7. The molecule has 166 valence electrons. The molecule has 0 aromatic heterocycles. The minimum absolute atomic E-state index is 0.0431. The lowest BCUT2D eigenvalue weighted by molar-refractivity contribution is -0.152. The zero-order chi connectivity index (χ0) is 22.8. The van der Waals surface area contributed by atoms with Crippen LogP contribution in [0.15, 0.2) is 42.5 Å². The first kappa shape index (κ1) is 22.4. The molecule has 0 spiro atoms. The summed E-state index contributed by atoms with van der Waals surface area (Å²) in [4.78, 5) is 24.4. The minimum Gasteiger partial charge on any atom is -0.484 e. The van der Waals surface area contributed by atoms with Gasteiger partial charge in [0, 0.05) is 17.1 Å². The standard InChI is InChI=1S/C23H21Cl2N3O4/c24-18-6-5-17(7-19(18)25)32-11-21(30)28-23-12-22(13-23,14-23)27-20(29)10-31-9-16-3-1-15(8-26)2-4-16/h1-7H,9-14H2,(H,27,29)(H,28,30). The summed E-state index contributed by atoms with van der Waals surface area (Å²) in [5, 5.41) is 15.6. The molecule has 0 atom stereocenters. The molecule has 5 rings (SSSR count). The quantitative estimate of drug-likeness (QED) is 0.581. The average Bonchev–Trinajstić information content (AvgIpc) is 2.72. The maximum absolute atomic E-state index is 12.2. The highest BCUT2D eigenvalue weighted by molar-refractivity contribution is 6.42. The lowest BCUT2D eigenvalue weighted by atomic mass is 9.44. The number of nitrogens with zero attached hydrogens (tertiary/aromatic N) is 1. The van der Waals surface area contributed by atoms with Crippen LogP contribution in [0.2, 0.25) is 10.0 Å². The number of hydrogen-bond acceptors (Lipinski definition) is 5. The molecule has 0 unspecified atom stereocenters. The van der Waals surface area contributed by atoms with Crippen LogP contribution in [0.25, 0.3) is 0 Å². The molecule has 0 saturated heterocycles. The number of carbonyl (C=O) groups is 2. The third-order valence-electron chi connectivity index (χ3n) is 5.69. The van der Waals surface area contributed by atoms with Crippen LogP contribution >= 0.6 is 23.2 Å². The van der Waals surface area contributed by atoms with E-state index < -0.39 is 0 Å². The molecule has 2 N–H and O–H groups in total. The Morgan fingerprint density at radius 3 is 2.16 bits per heavy atom. The molecular weight excluding hydrogens is 453 g/mol. The molecule has 2 aromatic carbocycles. The number of rotatable bonds is 9. The largest absolute Gasteiger partial charge is 0.484 e.